The van der Waals surface area contributed by atoms with E-state index in [0.29, 0.717) is 19.4 Å². The maximum Gasteiger partial charge on any atom is 0.405 e. The fraction of sp³-hybridized carbons (Fsp3) is 0.529. The molecule has 1 heterocycles. The Morgan fingerprint density at radius 2 is 2.00 bits per heavy atom. The molecule has 1 aliphatic heterocycles. The molecular formula is C17H21F3N2O2. The van der Waals surface area contributed by atoms with Gasteiger partial charge in [0.15, 0.2) is 0 Å². The zero-order chi connectivity index (χ0) is 17.9. The minimum atomic E-state index is -4.46. The predicted octanol–water partition coefficient (Wildman–Crippen LogP) is 2.52. The number of rotatable bonds is 4. The third-order valence-corrected chi connectivity index (χ3v) is 4.19. The lowest BCUT2D eigenvalue weighted by Crippen LogP contribution is -2.48. The highest BCUT2D eigenvalue weighted by atomic mass is 19.4. The lowest BCUT2D eigenvalue weighted by Gasteiger charge is -2.24. The van der Waals surface area contributed by atoms with E-state index in [9.17, 15) is 22.8 Å². The van der Waals surface area contributed by atoms with Crippen molar-refractivity contribution in [3.05, 3.63) is 34.9 Å². The SMILES string of the molecule is Cc1ccc(C)c(CC(=O)N2CCCC2C(=O)NCC(F)(F)F)c1. The Labute approximate surface area is 139 Å². The number of likely N-dealkylation sites (tertiary alicyclic amines) is 1. The molecular weight excluding hydrogens is 321 g/mol. The highest BCUT2D eigenvalue weighted by molar-refractivity contribution is 5.89. The molecule has 1 saturated heterocycles. The predicted molar refractivity (Wildman–Crippen MR) is 83.4 cm³/mol. The molecule has 2 rings (SSSR count). The average molecular weight is 342 g/mol. The van der Waals surface area contributed by atoms with Crippen molar-refractivity contribution in [2.45, 2.75) is 45.3 Å². The Morgan fingerprint density at radius 3 is 2.67 bits per heavy atom. The maximum absolute atomic E-state index is 12.5. The standard InChI is InChI=1S/C17H21F3N2O2/c1-11-5-6-12(2)13(8-11)9-15(23)22-7-3-4-14(22)16(24)21-10-17(18,19)20/h5-6,8,14H,3-4,7,9-10H2,1-2H3,(H,21,24). The van der Waals surface area contributed by atoms with Gasteiger partial charge in [-0.05, 0) is 37.8 Å². The first-order valence-electron chi connectivity index (χ1n) is 7.87. The van der Waals surface area contributed by atoms with Crippen LogP contribution >= 0.6 is 0 Å². The fourth-order valence-electron chi connectivity index (χ4n) is 2.90. The first-order valence-corrected chi connectivity index (χ1v) is 7.87. The summed E-state index contributed by atoms with van der Waals surface area (Å²) in [5.74, 6) is -0.965. The van der Waals surface area contributed by atoms with E-state index in [-0.39, 0.29) is 12.3 Å². The van der Waals surface area contributed by atoms with Gasteiger partial charge < -0.3 is 10.2 Å². The molecule has 1 aromatic carbocycles. The molecule has 0 radical (unpaired) electrons. The minimum absolute atomic E-state index is 0.149. The summed E-state index contributed by atoms with van der Waals surface area (Å²) < 4.78 is 36.7. The third-order valence-electron chi connectivity index (χ3n) is 4.19. The van der Waals surface area contributed by atoms with Crippen molar-refractivity contribution in [1.29, 1.82) is 0 Å². The van der Waals surface area contributed by atoms with Gasteiger partial charge >= 0.3 is 6.18 Å². The smallest absolute Gasteiger partial charge is 0.345 e. The van der Waals surface area contributed by atoms with Crippen LogP contribution in [-0.4, -0.2) is 42.0 Å². The topological polar surface area (TPSA) is 49.4 Å². The first-order chi connectivity index (χ1) is 11.2. The van der Waals surface area contributed by atoms with Gasteiger partial charge in [-0.1, -0.05) is 23.8 Å². The molecule has 0 aliphatic carbocycles. The van der Waals surface area contributed by atoms with Gasteiger partial charge in [-0.2, -0.15) is 13.2 Å². The lowest BCUT2D eigenvalue weighted by molar-refractivity contribution is -0.144. The van der Waals surface area contributed by atoms with Crippen molar-refractivity contribution in [2.24, 2.45) is 0 Å². The van der Waals surface area contributed by atoms with Crippen molar-refractivity contribution in [1.82, 2.24) is 10.2 Å². The molecule has 1 fully saturated rings. The molecule has 1 N–H and O–H groups in total. The fourth-order valence-corrected chi connectivity index (χ4v) is 2.90. The highest BCUT2D eigenvalue weighted by Crippen LogP contribution is 2.21. The molecule has 1 atom stereocenters. The van der Waals surface area contributed by atoms with Crippen LogP contribution in [0.15, 0.2) is 18.2 Å². The van der Waals surface area contributed by atoms with Crippen molar-refractivity contribution in [3.8, 4) is 0 Å². The van der Waals surface area contributed by atoms with Gasteiger partial charge in [0.2, 0.25) is 11.8 Å². The zero-order valence-electron chi connectivity index (χ0n) is 13.7. The number of hydrogen-bond donors (Lipinski definition) is 1. The maximum atomic E-state index is 12.5. The lowest BCUT2D eigenvalue weighted by atomic mass is 10.0. The monoisotopic (exact) mass is 342 g/mol. The van der Waals surface area contributed by atoms with Gasteiger partial charge in [-0.25, -0.2) is 0 Å². The van der Waals surface area contributed by atoms with E-state index in [0.717, 1.165) is 16.7 Å². The average Bonchev–Trinajstić information content (AvgIpc) is 2.97. The van der Waals surface area contributed by atoms with Crippen molar-refractivity contribution in [3.63, 3.8) is 0 Å². The third kappa shape index (κ3) is 4.72. The number of halogens is 3. The number of amides is 2. The number of nitrogens with one attached hydrogen (secondary N) is 1. The van der Waals surface area contributed by atoms with Gasteiger partial charge in [0.25, 0.3) is 0 Å². The van der Waals surface area contributed by atoms with Crippen LogP contribution in [0.25, 0.3) is 0 Å². The Bertz CT molecular complexity index is 629. The largest absolute Gasteiger partial charge is 0.405 e. The van der Waals surface area contributed by atoms with E-state index in [1.807, 2.05) is 37.4 Å². The number of carbonyl (C=O) groups excluding carboxylic acids is 2. The summed E-state index contributed by atoms with van der Waals surface area (Å²) in [6, 6.07) is 4.98. The van der Waals surface area contributed by atoms with E-state index < -0.39 is 24.7 Å². The summed E-state index contributed by atoms with van der Waals surface area (Å²) in [5.41, 5.74) is 2.89. The summed E-state index contributed by atoms with van der Waals surface area (Å²) in [6.45, 7) is 2.85. The molecule has 1 aliphatic rings. The summed E-state index contributed by atoms with van der Waals surface area (Å²) in [5, 5.41) is 1.88. The number of alkyl halides is 3. The summed E-state index contributed by atoms with van der Waals surface area (Å²) in [4.78, 5) is 25.9. The Morgan fingerprint density at radius 1 is 1.29 bits per heavy atom. The van der Waals surface area contributed by atoms with Crippen LogP contribution in [0.5, 0.6) is 0 Å². The summed E-state index contributed by atoms with van der Waals surface area (Å²) in [7, 11) is 0. The van der Waals surface area contributed by atoms with Crippen LogP contribution in [0.1, 0.15) is 29.5 Å². The summed E-state index contributed by atoms with van der Waals surface area (Å²) in [6.07, 6.45) is -3.30. The second kappa shape index (κ2) is 7.23. The molecule has 1 unspecified atom stereocenters. The molecule has 24 heavy (non-hydrogen) atoms. The Balaban J connectivity index is 2.02. The number of aryl methyl sites for hydroxylation is 2. The van der Waals surface area contributed by atoms with Crippen LogP contribution < -0.4 is 5.32 Å². The number of nitrogens with zero attached hydrogens (tertiary/aromatic N) is 1. The van der Waals surface area contributed by atoms with E-state index in [2.05, 4.69) is 0 Å². The van der Waals surface area contributed by atoms with Crippen LogP contribution in [0, 0.1) is 13.8 Å². The van der Waals surface area contributed by atoms with Crippen molar-refractivity contribution in [2.75, 3.05) is 13.1 Å². The van der Waals surface area contributed by atoms with E-state index in [1.54, 1.807) is 0 Å². The summed E-state index contributed by atoms with van der Waals surface area (Å²) >= 11 is 0. The van der Waals surface area contributed by atoms with E-state index >= 15 is 0 Å². The molecule has 0 bridgehead atoms. The molecule has 0 saturated carbocycles. The quantitative estimate of drug-likeness (QED) is 0.914. The molecule has 7 heteroatoms. The second-order valence-corrected chi connectivity index (χ2v) is 6.18. The van der Waals surface area contributed by atoms with Crippen LogP contribution in [0.2, 0.25) is 0 Å². The van der Waals surface area contributed by atoms with Gasteiger partial charge in [0.05, 0.1) is 6.42 Å². The van der Waals surface area contributed by atoms with Crippen LogP contribution in [0.4, 0.5) is 13.2 Å². The molecule has 132 valence electrons. The number of hydrogen-bond acceptors (Lipinski definition) is 2. The number of benzene rings is 1. The van der Waals surface area contributed by atoms with Crippen LogP contribution in [-0.2, 0) is 16.0 Å². The molecule has 2 amide bonds. The zero-order valence-corrected chi connectivity index (χ0v) is 13.7. The normalized spacial score (nSPS) is 17.9. The molecule has 0 spiro atoms. The van der Waals surface area contributed by atoms with Gasteiger partial charge in [0.1, 0.15) is 12.6 Å². The van der Waals surface area contributed by atoms with Crippen molar-refractivity contribution >= 4 is 11.8 Å². The second-order valence-electron chi connectivity index (χ2n) is 6.18. The molecule has 4 nitrogen and oxygen atoms in total. The van der Waals surface area contributed by atoms with Crippen LogP contribution in [0.3, 0.4) is 0 Å². The molecule has 1 aromatic rings. The minimum Gasteiger partial charge on any atom is -0.345 e. The number of carbonyl (C=O) groups is 2. The van der Waals surface area contributed by atoms with E-state index in [4.69, 9.17) is 0 Å². The van der Waals surface area contributed by atoms with Gasteiger partial charge in [-0.3, -0.25) is 9.59 Å². The van der Waals surface area contributed by atoms with Crippen molar-refractivity contribution < 1.29 is 22.8 Å². The highest BCUT2D eigenvalue weighted by Gasteiger charge is 2.36. The Kier molecular flexibility index (Phi) is 5.51. The van der Waals surface area contributed by atoms with E-state index in [1.165, 1.54) is 4.90 Å². The van der Waals surface area contributed by atoms with Gasteiger partial charge in [0, 0.05) is 6.54 Å². The van der Waals surface area contributed by atoms with Gasteiger partial charge in [-0.15, -0.1) is 0 Å². The Hall–Kier alpha value is -2.05. The first kappa shape index (κ1) is 18.3. The molecule has 0 aromatic heterocycles.